The van der Waals surface area contributed by atoms with Gasteiger partial charge in [-0.15, -0.1) is 0 Å². The molecule has 0 saturated carbocycles. The summed E-state index contributed by atoms with van der Waals surface area (Å²) in [6, 6.07) is 6.50. The number of rotatable bonds is 5. The van der Waals surface area contributed by atoms with Crippen LogP contribution in [0.4, 0.5) is 10.5 Å². The van der Waals surface area contributed by atoms with Crippen LogP contribution < -0.4 is 16.4 Å². The van der Waals surface area contributed by atoms with Crippen LogP contribution in [0.5, 0.6) is 0 Å². The van der Waals surface area contributed by atoms with E-state index >= 15 is 0 Å². The standard InChI is InChI=1S/C12H16BrN3O2/c1-8(15-11(17)6-7-13)9-2-4-10(5-3-9)16-12(14)18/h2-5,8H,6-7H2,1H3,(H,15,17)(H3,14,16,18). The number of nitrogens with two attached hydrogens (primary N) is 1. The van der Waals surface area contributed by atoms with Gasteiger partial charge in [0.2, 0.25) is 5.91 Å². The fraction of sp³-hybridized carbons (Fsp3) is 0.333. The molecule has 0 aliphatic rings. The highest BCUT2D eigenvalue weighted by Crippen LogP contribution is 2.16. The Bertz CT molecular complexity index is 420. The molecule has 98 valence electrons. The Morgan fingerprint density at radius 1 is 1.33 bits per heavy atom. The number of halogens is 1. The molecule has 3 amide bonds. The molecule has 6 heteroatoms. The fourth-order valence-electron chi connectivity index (χ4n) is 1.48. The molecule has 0 saturated heterocycles. The van der Waals surface area contributed by atoms with Gasteiger partial charge in [0.05, 0.1) is 6.04 Å². The zero-order valence-electron chi connectivity index (χ0n) is 10.1. The van der Waals surface area contributed by atoms with Gasteiger partial charge in [-0.2, -0.15) is 0 Å². The van der Waals surface area contributed by atoms with Crippen molar-refractivity contribution in [2.75, 3.05) is 10.6 Å². The lowest BCUT2D eigenvalue weighted by molar-refractivity contribution is -0.121. The summed E-state index contributed by atoms with van der Waals surface area (Å²) in [5, 5.41) is 6.00. The van der Waals surface area contributed by atoms with E-state index in [1.165, 1.54) is 0 Å². The van der Waals surface area contributed by atoms with Crippen molar-refractivity contribution in [3.63, 3.8) is 0 Å². The summed E-state index contributed by atoms with van der Waals surface area (Å²) in [5.41, 5.74) is 6.61. The molecule has 0 spiro atoms. The van der Waals surface area contributed by atoms with Crippen molar-refractivity contribution in [3.05, 3.63) is 29.8 Å². The molecule has 0 fully saturated rings. The van der Waals surface area contributed by atoms with Crippen molar-refractivity contribution in [3.8, 4) is 0 Å². The SMILES string of the molecule is CC(NC(=O)CCBr)c1ccc(NC(N)=O)cc1. The van der Waals surface area contributed by atoms with Crippen LogP contribution in [-0.4, -0.2) is 17.3 Å². The molecule has 1 aromatic carbocycles. The quantitative estimate of drug-likeness (QED) is 0.728. The molecule has 0 aromatic heterocycles. The van der Waals surface area contributed by atoms with Crippen LogP contribution in [-0.2, 0) is 4.79 Å². The molecule has 1 aromatic rings. The Morgan fingerprint density at radius 3 is 2.44 bits per heavy atom. The first-order valence-corrected chi connectivity index (χ1v) is 6.67. The molecule has 4 N–H and O–H groups in total. The second-order valence-corrected chi connectivity index (χ2v) is 4.63. The van der Waals surface area contributed by atoms with Crippen LogP contribution in [0, 0.1) is 0 Å². The molecule has 0 aliphatic carbocycles. The number of benzene rings is 1. The highest BCUT2D eigenvalue weighted by atomic mass is 79.9. The second kappa shape index (κ2) is 7.00. The molecule has 0 aliphatic heterocycles. The van der Waals surface area contributed by atoms with Crippen molar-refractivity contribution in [2.45, 2.75) is 19.4 Å². The third-order valence-corrected chi connectivity index (χ3v) is 2.77. The number of carbonyl (C=O) groups excluding carboxylic acids is 2. The van der Waals surface area contributed by atoms with Gasteiger partial charge in [-0.1, -0.05) is 28.1 Å². The zero-order valence-corrected chi connectivity index (χ0v) is 11.7. The van der Waals surface area contributed by atoms with E-state index in [2.05, 4.69) is 26.6 Å². The minimum Gasteiger partial charge on any atom is -0.351 e. The number of nitrogens with one attached hydrogen (secondary N) is 2. The molecule has 1 atom stereocenters. The van der Waals surface area contributed by atoms with Crippen LogP contribution in [0.15, 0.2) is 24.3 Å². The number of hydrogen-bond donors (Lipinski definition) is 3. The van der Waals surface area contributed by atoms with Gasteiger partial charge >= 0.3 is 6.03 Å². The van der Waals surface area contributed by atoms with E-state index in [-0.39, 0.29) is 11.9 Å². The number of hydrogen-bond acceptors (Lipinski definition) is 2. The van der Waals surface area contributed by atoms with Gasteiger partial charge in [-0.05, 0) is 24.6 Å². The van der Waals surface area contributed by atoms with Gasteiger partial charge in [0.15, 0.2) is 0 Å². The highest BCUT2D eigenvalue weighted by molar-refractivity contribution is 9.09. The maximum Gasteiger partial charge on any atom is 0.316 e. The van der Waals surface area contributed by atoms with E-state index in [9.17, 15) is 9.59 Å². The number of urea groups is 1. The number of alkyl halides is 1. The third kappa shape index (κ3) is 4.75. The molecule has 1 unspecified atom stereocenters. The molecule has 0 radical (unpaired) electrons. The van der Waals surface area contributed by atoms with Crippen molar-refractivity contribution in [1.82, 2.24) is 5.32 Å². The fourth-order valence-corrected chi connectivity index (χ4v) is 1.84. The van der Waals surface area contributed by atoms with E-state index in [4.69, 9.17) is 5.73 Å². The van der Waals surface area contributed by atoms with Crippen molar-refractivity contribution >= 4 is 33.6 Å². The molecular formula is C12H16BrN3O2. The van der Waals surface area contributed by atoms with Crippen LogP contribution in [0.3, 0.4) is 0 Å². The smallest absolute Gasteiger partial charge is 0.316 e. The van der Waals surface area contributed by atoms with Gasteiger partial charge in [-0.25, -0.2) is 4.79 Å². The van der Waals surface area contributed by atoms with Gasteiger partial charge < -0.3 is 16.4 Å². The van der Waals surface area contributed by atoms with Gasteiger partial charge in [0.25, 0.3) is 0 Å². The predicted octanol–water partition coefficient (Wildman–Crippen LogP) is 2.14. The summed E-state index contributed by atoms with van der Waals surface area (Å²) in [6.07, 6.45) is 0.450. The lowest BCUT2D eigenvalue weighted by Gasteiger charge is -2.14. The number of anilines is 1. The number of carbonyl (C=O) groups is 2. The Morgan fingerprint density at radius 2 is 1.94 bits per heavy atom. The first kappa shape index (κ1) is 14.5. The zero-order chi connectivity index (χ0) is 13.5. The highest BCUT2D eigenvalue weighted by Gasteiger charge is 2.08. The van der Waals surface area contributed by atoms with E-state index in [1.807, 2.05) is 19.1 Å². The van der Waals surface area contributed by atoms with Crippen molar-refractivity contribution in [1.29, 1.82) is 0 Å². The van der Waals surface area contributed by atoms with Crippen LogP contribution in [0.25, 0.3) is 0 Å². The average Bonchev–Trinajstić information content (AvgIpc) is 2.29. The van der Waals surface area contributed by atoms with Crippen molar-refractivity contribution in [2.24, 2.45) is 5.73 Å². The molecule has 0 bridgehead atoms. The largest absolute Gasteiger partial charge is 0.351 e. The lowest BCUT2D eigenvalue weighted by atomic mass is 10.1. The van der Waals surface area contributed by atoms with Gasteiger partial charge in [0.1, 0.15) is 0 Å². The summed E-state index contributed by atoms with van der Waals surface area (Å²) in [5.74, 6) is -0.00119. The first-order chi connectivity index (χ1) is 8.52. The molecule has 18 heavy (non-hydrogen) atoms. The van der Waals surface area contributed by atoms with E-state index < -0.39 is 6.03 Å². The Balaban J connectivity index is 2.61. The average molecular weight is 314 g/mol. The molecule has 5 nitrogen and oxygen atoms in total. The van der Waals surface area contributed by atoms with Crippen LogP contribution in [0.2, 0.25) is 0 Å². The minimum absolute atomic E-state index is 0.00119. The summed E-state index contributed by atoms with van der Waals surface area (Å²) in [4.78, 5) is 22.1. The minimum atomic E-state index is -0.596. The normalized spacial score (nSPS) is 11.7. The third-order valence-electron chi connectivity index (χ3n) is 2.38. The second-order valence-electron chi connectivity index (χ2n) is 3.84. The lowest BCUT2D eigenvalue weighted by Crippen LogP contribution is -2.26. The van der Waals surface area contributed by atoms with Gasteiger partial charge in [0, 0.05) is 17.4 Å². The van der Waals surface area contributed by atoms with Crippen LogP contribution >= 0.6 is 15.9 Å². The van der Waals surface area contributed by atoms with Gasteiger partial charge in [-0.3, -0.25) is 4.79 Å². The molecule has 0 heterocycles. The Kier molecular flexibility index (Phi) is 5.64. The maximum atomic E-state index is 11.4. The van der Waals surface area contributed by atoms with E-state index in [0.717, 1.165) is 5.56 Å². The first-order valence-electron chi connectivity index (χ1n) is 5.54. The number of primary amides is 1. The summed E-state index contributed by atoms with van der Waals surface area (Å²) in [6.45, 7) is 1.91. The predicted molar refractivity (Wildman–Crippen MR) is 74.6 cm³/mol. The number of amides is 3. The summed E-state index contributed by atoms with van der Waals surface area (Å²) < 4.78 is 0. The Labute approximate surface area is 114 Å². The van der Waals surface area contributed by atoms with E-state index in [0.29, 0.717) is 17.4 Å². The monoisotopic (exact) mass is 313 g/mol. The van der Waals surface area contributed by atoms with Crippen LogP contribution in [0.1, 0.15) is 24.9 Å². The topological polar surface area (TPSA) is 84.2 Å². The summed E-state index contributed by atoms with van der Waals surface area (Å²) >= 11 is 3.22. The van der Waals surface area contributed by atoms with Crippen molar-refractivity contribution < 1.29 is 9.59 Å². The maximum absolute atomic E-state index is 11.4. The Hall–Kier alpha value is -1.56. The van der Waals surface area contributed by atoms with E-state index in [1.54, 1.807) is 12.1 Å². The summed E-state index contributed by atoms with van der Waals surface area (Å²) in [7, 11) is 0. The molecular weight excluding hydrogens is 298 g/mol. The molecule has 1 rings (SSSR count).